The molecule has 0 aliphatic rings. The second kappa shape index (κ2) is 6.75. The Labute approximate surface area is 124 Å². The summed E-state index contributed by atoms with van der Waals surface area (Å²) >= 11 is 3.64. The first-order valence-electron chi connectivity index (χ1n) is 5.33. The molecule has 0 unspecified atom stereocenters. The Morgan fingerprint density at radius 3 is 2.89 bits per heavy atom. The van der Waals surface area contributed by atoms with E-state index < -0.39 is 0 Å². The van der Waals surface area contributed by atoms with Crippen LogP contribution in [0.2, 0.25) is 0 Å². The van der Waals surface area contributed by atoms with Crippen LogP contribution < -0.4 is 5.32 Å². The molecular formula is C13H11IN2OS. The number of hydrogen-bond donors (Lipinski definition) is 1. The molecule has 18 heavy (non-hydrogen) atoms. The van der Waals surface area contributed by atoms with Crippen LogP contribution in [0, 0.1) is 3.57 Å². The van der Waals surface area contributed by atoms with Crippen molar-refractivity contribution < 1.29 is 4.79 Å². The topological polar surface area (TPSA) is 42.0 Å². The molecule has 0 saturated carbocycles. The summed E-state index contributed by atoms with van der Waals surface area (Å²) in [5, 5.41) is 3.72. The number of carbonyl (C=O) groups excluding carboxylic acids is 1. The van der Waals surface area contributed by atoms with E-state index in [0.29, 0.717) is 5.75 Å². The Hall–Kier alpha value is -1.08. The van der Waals surface area contributed by atoms with Crippen LogP contribution in [-0.2, 0) is 4.79 Å². The maximum atomic E-state index is 11.7. The van der Waals surface area contributed by atoms with Crippen molar-refractivity contribution in [3.63, 3.8) is 0 Å². The number of carbonyl (C=O) groups is 1. The number of nitrogens with one attached hydrogen (secondary N) is 1. The molecule has 1 N–H and O–H groups in total. The van der Waals surface area contributed by atoms with Crippen LogP contribution in [0.4, 0.5) is 5.69 Å². The van der Waals surface area contributed by atoms with Crippen LogP contribution in [0.1, 0.15) is 0 Å². The molecule has 1 aromatic carbocycles. The predicted molar refractivity (Wildman–Crippen MR) is 82.7 cm³/mol. The van der Waals surface area contributed by atoms with Gasteiger partial charge >= 0.3 is 0 Å². The lowest BCUT2D eigenvalue weighted by Crippen LogP contribution is -2.14. The highest BCUT2D eigenvalue weighted by molar-refractivity contribution is 14.1. The predicted octanol–water partition coefficient (Wildman–Crippen LogP) is 3.42. The standard InChI is InChI=1S/C13H11IN2OS/c14-10-4-3-5-11(8-10)16-12(17)9-18-13-6-1-2-7-15-13/h1-8H,9H2,(H,16,17). The van der Waals surface area contributed by atoms with Crippen LogP contribution in [0.15, 0.2) is 53.7 Å². The maximum Gasteiger partial charge on any atom is 0.234 e. The third-order valence-electron chi connectivity index (χ3n) is 2.10. The molecular weight excluding hydrogens is 359 g/mol. The maximum absolute atomic E-state index is 11.7. The number of hydrogen-bond acceptors (Lipinski definition) is 3. The second-order valence-electron chi connectivity index (χ2n) is 3.52. The van der Waals surface area contributed by atoms with Gasteiger partial charge in [0, 0.05) is 15.5 Å². The van der Waals surface area contributed by atoms with E-state index >= 15 is 0 Å². The van der Waals surface area contributed by atoms with E-state index in [-0.39, 0.29) is 5.91 Å². The molecule has 0 saturated heterocycles. The minimum absolute atomic E-state index is 0.0207. The van der Waals surface area contributed by atoms with E-state index in [9.17, 15) is 4.79 Å². The van der Waals surface area contributed by atoms with E-state index in [4.69, 9.17) is 0 Å². The third-order valence-corrected chi connectivity index (χ3v) is 3.71. The van der Waals surface area contributed by atoms with Crippen molar-refractivity contribution >= 4 is 45.9 Å². The van der Waals surface area contributed by atoms with E-state index in [1.807, 2.05) is 42.5 Å². The van der Waals surface area contributed by atoms with E-state index in [2.05, 4.69) is 32.9 Å². The van der Waals surface area contributed by atoms with Gasteiger partial charge in [-0.3, -0.25) is 4.79 Å². The van der Waals surface area contributed by atoms with Crippen molar-refractivity contribution in [1.29, 1.82) is 0 Å². The van der Waals surface area contributed by atoms with Gasteiger partial charge < -0.3 is 5.32 Å². The average Bonchev–Trinajstić information content (AvgIpc) is 2.38. The number of anilines is 1. The highest BCUT2D eigenvalue weighted by Crippen LogP contribution is 2.16. The van der Waals surface area contributed by atoms with Gasteiger partial charge in [-0.2, -0.15) is 0 Å². The highest BCUT2D eigenvalue weighted by atomic mass is 127. The third kappa shape index (κ3) is 4.30. The average molecular weight is 370 g/mol. The zero-order chi connectivity index (χ0) is 12.8. The van der Waals surface area contributed by atoms with Gasteiger partial charge in [0.15, 0.2) is 0 Å². The SMILES string of the molecule is O=C(CSc1ccccn1)Nc1cccc(I)c1. The van der Waals surface area contributed by atoms with Crippen LogP contribution in [0.25, 0.3) is 0 Å². The summed E-state index contributed by atoms with van der Waals surface area (Å²) < 4.78 is 1.10. The molecule has 0 aliphatic carbocycles. The molecule has 0 spiro atoms. The van der Waals surface area contributed by atoms with Crippen LogP contribution >= 0.6 is 34.4 Å². The fraction of sp³-hybridized carbons (Fsp3) is 0.0769. The summed E-state index contributed by atoms with van der Waals surface area (Å²) in [6.07, 6.45) is 1.72. The number of aromatic nitrogens is 1. The Kier molecular flexibility index (Phi) is 5.00. The molecule has 2 rings (SSSR count). The Balaban J connectivity index is 1.86. The van der Waals surface area contributed by atoms with E-state index in [0.717, 1.165) is 14.3 Å². The molecule has 0 aliphatic heterocycles. The minimum Gasteiger partial charge on any atom is -0.325 e. The lowest BCUT2D eigenvalue weighted by molar-refractivity contribution is -0.113. The fourth-order valence-corrected chi connectivity index (χ4v) is 2.54. The second-order valence-corrected chi connectivity index (χ2v) is 5.76. The van der Waals surface area contributed by atoms with Gasteiger partial charge in [-0.25, -0.2) is 4.98 Å². The quantitative estimate of drug-likeness (QED) is 0.663. The molecule has 0 fully saturated rings. The molecule has 1 aromatic heterocycles. The smallest absolute Gasteiger partial charge is 0.234 e. The minimum atomic E-state index is -0.0207. The van der Waals surface area contributed by atoms with Gasteiger partial charge in [0.05, 0.1) is 10.8 Å². The van der Waals surface area contributed by atoms with Gasteiger partial charge in [0.1, 0.15) is 0 Å². The fourth-order valence-electron chi connectivity index (χ4n) is 1.34. The summed E-state index contributed by atoms with van der Waals surface area (Å²) in [5.74, 6) is 0.343. The van der Waals surface area contributed by atoms with Gasteiger partial charge in [0.25, 0.3) is 0 Å². The first-order valence-corrected chi connectivity index (χ1v) is 7.40. The Morgan fingerprint density at radius 2 is 2.17 bits per heavy atom. The summed E-state index contributed by atoms with van der Waals surface area (Å²) in [5.41, 5.74) is 0.827. The van der Waals surface area contributed by atoms with Gasteiger partial charge in [0.2, 0.25) is 5.91 Å². The Morgan fingerprint density at radius 1 is 1.28 bits per heavy atom. The zero-order valence-electron chi connectivity index (χ0n) is 9.47. The molecule has 3 nitrogen and oxygen atoms in total. The molecule has 2 aromatic rings. The number of nitrogens with zero attached hydrogens (tertiary/aromatic N) is 1. The van der Waals surface area contributed by atoms with Crippen LogP contribution in [0.5, 0.6) is 0 Å². The Bertz CT molecular complexity index is 534. The normalized spacial score (nSPS) is 10.1. The van der Waals surface area contributed by atoms with E-state index in [1.54, 1.807) is 6.20 Å². The first kappa shape index (κ1) is 13.4. The van der Waals surface area contributed by atoms with Crippen molar-refractivity contribution in [2.24, 2.45) is 0 Å². The highest BCUT2D eigenvalue weighted by Gasteiger charge is 2.04. The summed E-state index contributed by atoms with van der Waals surface area (Å²) in [6, 6.07) is 13.4. The van der Waals surface area contributed by atoms with Gasteiger partial charge in [-0.1, -0.05) is 23.9 Å². The summed E-state index contributed by atoms with van der Waals surface area (Å²) in [6.45, 7) is 0. The van der Waals surface area contributed by atoms with Crippen LogP contribution in [0.3, 0.4) is 0 Å². The number of halogens is 1. The summed E-state index contributed by atoms with van der Waals surface area (Å²) in [7, 11) is 0. The molecule has 92 valence electrons. The van der Waals surface area contributed by atoms with Gasteiger partial charge in [-0.05, 0) is 52.9 Å². The molecule has 1 amide bonds. The first-order chi connectivity index (χ1) is 8.74. The molecule has 0 radical (unpaired) electrons. The largest absolute Gasteiger partial charge is 0.325 e. The number of amides is 1. The zero-order valence-corrected chi connectivity index (χ0v) is 12.4. The van der Waals surface area contributed by atoms with Crippen molar-refractivity contribution in [2.75, 3.05) is 11.1 Å². The molecule has 1 heterocycles. The molecule has 0 atom stereocenters. The number of benzene rings is 1. The lowest BCUT2D eigenvalue weighted by Gasteiger charge is -2.05. The van der Waals surface area contributed by atoms with Crippen LogP contribution in [-0.4, -0.2) is 16.6 Å². The van der Waals surface area contributed by atoms with Gasteiger partial charge in [-0.15, -0.1) is 0 Å². The van der Waals surface area contributed by atoms with Crippen molar-refractivity contribution in [2.45, 2.75) is 5.03 Å². The summed E-state index contributed by atoms with van der Waals surface area (Å²) in [4.78, 5) is 15.9. The number of thioether (sulfide) groups is 1. The molecule has 5 heteroatoms. The lowest BCUT2D eigenvalue weighted by atomic mass is 10.3. The number of rotatable bonds is 4. The monoisotopic (exact) mass is 370 g/mol. The van der Waals surface area contributed by atoms with Crippen molar-refractivity contribution in [3.05, 3.63) is 52.2 Å². The van der Waals surface area contributed by atoms with Crippen molar-refractivity contribution in [1.82, 2.24) is 4.98 Å². The number of pyridine rings is 1. The van der Waals surface area contributed by atoms with Crippen molar-refractivity contribution in [3.8, 4) is 0 Å². The van der Waals surface area contributed by atoms with E-state index in [1.165, 1.54) is 11.8 Å². The molecule has 0 bridgehead atoms.